The Morgan fingerprint density at radius 1 is 1.65 bits per heavy atom. The minimum absolute atomic E-state index is 0.0153. The van der Waals surface area contributed by atoms with E-state index in [1.54, 1.807) is 0 Å². The highest BCUT2D eigenvalue weighted by molar-refractivity contribution is 6.33. The van der Waals surface area contributed by atoms with E-state index < -0.39 is 11.6 Å². The van der Waals surface area contributed by atoms with Crippen LogP contribution in [0, 0.1) is 0 Å². The Balaban J connectivity index is 2.30. The lowest BCUT2D eigenvalue weighted by molar-refractivity contribution is -0.101. The lowest BCUT2D eigenvalue weighted by Gasteiger charge is -2.42. The van der Waals surface area contributed by atoms with Crippen LogP contribution in [0.1, 0.15) is 24.2 Å². The molecule has 1 aliphatic rings. The van der Waals surface area contributed by atoms with Gasteiger partial charge in [0.05, 0.1) is 28.9 Å². The molecular formula is C13H17ClN2O4. The maximum Gasteiger partial charge on any atom is 0.337 e. The van der Waals surface area contributed by atoms with Crippen LogP contribution in [-0.2, 0) is 4.74 Å². The first-order valence-electron chi connectivity index (χ1n) is 6.25. The number of aromatic carboxylic acids is 1. The molecule has 0 aliphatic carbocycles. The van der Waals surface area contributed by atoms with Crippen molar-refractivity contribution in [1.29, 1.82) is 0 Å². The van der Waals surface area contributed by atoms with Crippen LogP contribution in [0.5, 0.6) is 0 Å². The molecule has 1 unspecified atom stereocenters. The number of aromatic nitrogens is 1. The third kappa shape index (κ3) is 3.20. The average molecular weight is 301 g/mol. The van der Waals surface area contributed by atoms with Gasteiger partial charge in [-0.2, -0.15) is 0 Å². The molecule has 7 heteroatoms. The summed E-state index contributed by atoms with van der Waals surface area (Å²) in [5.41, 5.74) is -0.433. The summed E-state index contributed by atoms with van der Waals surface area (Å²) in [5, 5.41) is 18.5. The van der Waals surface area contributed by atoms with E-state index in [2.05, 4.69) is 4.98 Å². The van der Waals surface area contributed by atoms with Crippen LogP contribution in [0.3, 0.4) is 0 Å². The number of carbonyl (C=O) groups is 1. The Morgan fingerprint density at radius 3 is 2.95 bits per heavy atom. The molecule has 1 aromatic heterocycles. The van der Waals surface area contributed by atoms with Gasteiger partial charge in [0.1, 0.15) is 5.82 Å². The summed E-state index contributed by atoms with van der Waals surface area (Å²) >= 11 is 5.82. The number of pyridine rings is 1. The third-order valence-electron chi connectivity index (χ3n) is 3.08. The minimum atomic E-state index is -1.09. The van der Waals surface area contributed by atoms with Gasteiger partial charge < -0.3 is 19.8 Å². The minimum Gasteiger partial charge on any atom is -0.478 e. The summed E-state index contributed by atoms with van der Waals surface area (Å²) in [5.74, 6) is -0.577. The molecule has 20 heavy (non-hydrogen) atoms. The predicted octanol–water partition coefficient (Wildman–Crippen LogP) is 1.41. The van der Waals surface area contributed by atoms with Crippen molar-refractivity contribution >= 4 is 23.4 Å². The maximum atomic E-state index is 11.1. The number of nitrogens with zero attached hydrogens (tertiary/aromatic N) is 2. The maximum absolute atomic E-state index is 11.1. The molecule has 1 fully saturated rings. The molecule has 0 radical (unpaired) electrons. The number of anilines is 1. The van der Waals surface area contributed by atoms with Gasteiger partial charge in [0.15, 0.2) is 0 Å². The Kier molecular flexibility index (Phi) is 4.17. The van der Waals surface area contributed by atoms with Gasteiger partial charge in [-0.15, -0.1) is 0 Å². The third-order valence-corrected chi connectivity index (χ3v) is 3.38. The molecule has 1 atom stereocenters. The lowest BCUT2D eigenvalue weighted by atomic mass is 10.1. The number of rotatable bonds is 3. The molecule has 0 saturated carbocycles. The molecule has 2 rings (SSSR count). The highest BCUT2D eigenvalue weighted by Crippen LogP contribution is 2.27. The highest BCUT2D eigenvalue weighted by Gasteiger charge is 2.34. The number of ether oxygens (including phenoxy) is 1. The first-order valence-corrected chi connectivity index (χ1v) is 6.62. The van der Waals surface area contributed by atoms with Gasteiger partial charge in [-0.05, 0) is 19.9 Å². The summed E-state index contributed by atoms with van der Waals surface area (Å²) in [6.07, 6.45) is 1.00. The van der Waals surface area contributed by atoms with Gasteiger partial charge in [-0.1, -0.05) is 11.6 Å². The van der Waals surface area contributed by atoms with Crippen molar-refractivity contribution in [3.8, 4) is 0 Å². The van der Waals surface area contributed by atoms with Gasteiger partial charge in [0.2, 0.25) is 0 Å². The van der Waals surface area contributed by atoms with E-state index in [4.69, 9.17) is 21.4 Å². The summed E-state index contributed by atoms with van der Waals surface area (Å²) in [6, 6.07) is 1.44. The largest absolute Gasteiger partial charge is 0.478 e. The van der Waals surface area contributed by atoms with Crippen LogP contribution in [0.2, 0.25) is 5.02 Å². The van der Waals surface area contributed by atoms with E-state index in [9.17, 15) is 9.90 Å². The van der Waals surface area contributed by atoms with E-state index in [0.29, 0.717) is 18.9 Å². The molecule has 6 nitrogen and oxygen atoms in total. The van der Waals surface area contributed by atoms with Crippen molar-refractivity contribution in [2.24, 2.45) is 0 Å². The van der Waals surface area contributed by atoms with Crippen LogP contribution in [-0.4, -0.2) is 52.6 Å². The van der Waals surface area contributed by atoms with Gasteiger partial charge in [0, 0.05) is 19.3 Å². The zero-order chi connectivity index (χ0) is 14.9. The van der Waals surface area contributed by atoms with E-state index >= 15 is 0 Å². The number of aliphatic hydroxyl groups excluding tert-OH is 1. The first-order chi connectivity index (χ1) is 9.32. The van der Waals surface area contributed by atoms with Gasteiger partial charge in [-0.3, -0.25) is 0 Å². The lowest BCUT2D eigenvalue weighted by Crippen LogP contribution is -2.54. The molecule has 2 heterocycles. The molecule has 1 aromatic rings. The van der Waals surface area contributed by atoms with Gasteiger partial charge in [0.25, 0.3) is 0 Å². The molecule has 0 bridgehead atoms. The van der Waals surface area contributed by atoms with E-state index in [0.717, 1.165) is 0 Å². The fourth-order valence-electron chi connectivity index (χ4n) is 2.33. The summed E-state index contributed by atoms with van der Waals surface area (Å²) in [7, 11) is 0. The van der Waals surface area contributed by atoms with Crippen molar-refractivity contribution < 1.29 is 19.7 Å². The molecular weight excluding hydrogens is 284 g/mol. The summed E-state index contributed by atoms with van der Waals surface area (Å²) < 4.78 is 5.71. The second kappa shape index (κ2) is 5.55. The second-order valence-corrected chi connectivity index (χ2v) is 5.80. The fourth-order valence-corrected chi connectivity index (χ4v) is 2.51. The van der Waals surface area contributed by atoms with Crippen LogP contribution in [0.15, 0.2) is 12.3 Å². The SMILES string of the molecule is CC1(C)CN(c2cc(C(=O)O)c(Cl)cn2)CC(CO)O1. The molecule has 0 aromatic carbocycles. The Bertz CT molecular complexity index is 521. The number of carboxylic acid groups (broad SMARTS) is 1. The number of hydrogen-bond acceptors (Lipinski definition) is 5. The molecule has 1 aliphatic heterocycles. The van der Waals surface area contributed by atoms with Crippen LogP contribution < -0.4 is 4.90 Å². The van der Waals surface area contributed by atoms with Crippen molar-refractivity contribution in [3.05, 3.63) is 22.8 Å². The number of carboxylic acids is 1. The topological polar surface area (TPSA) is 82.9 Å². The van der Waals surface area contributed by atoms with Gasteiger partial charge >= 0.3 is 5.97 Å². The predicted molar refractivity (Wildman–Crippen MR) is 74.5 cm³/mol. The second-order valence-electron chi connectivity index (χ2n) is 5.39. The van der Waals surface area contributed by atoms with Crippen LogP contribution >= 0.6 is 11.6 Å². The van der Waals surface area contributed by atoms with Crippen molar-refractivity contribution in [3.63, 3.8) is 0 Å². The molecule has 1 saturated heterocycles. The van der Waals surface area contributed by atoms with Crippen LogP contribution in [0.4, 0.5) is 5.82 Å². The Morgan fingerprint density at radius 2 is 2.35 bits per heavy atom. The van der Waals surface area contributed by atoms with Crippen molar-refractivity contribution in [2.45, 2.75) is 25.6 Å². The fraction of sp³-hybridized carbons (Fsp3) is 0.538. The molecule has 0 amide bonds. The number of morpholine rings is 1. The zero-order valence-electron chi connectivity index (χ0n) is 11.3. The highest BCUT2D eigenvalue weighted by atomic mass is 35.5. The van der Waals surface area contributed by atoms with Crippen LogP contribution in [0.25, 0.3) is 0 Å². The Hall–Kier alpha value is -1.37. The summed E-state index contributed by atoms with van der Waals surface area (Å²) in [6.45, 7) is 4.73. The first kappa shape index (κ1) is 15.0. The van der Waals surface area contributed by atoms with E-state index in [1.807, 2.05) is 18.7 Å². The number of halogens is 1. The van der Waals surface area contributed by atoms with E-state index in [1.165, 1.54) is 12.3 Å². The smallest absolute Gasteiger partial charge is 0.337 e. The molecule has 110 valence electrons. The number of aliphatic hydroxyl groups is 1. The van der Waals surface area contributed by atoms with Crippen molar-refractivity contribution in [1.82, 2.24) is 4.98 Å². The quantitative estimate of drug-likeness (QED) is 0.878. The van der Waals surface area contributed by atoms with Crippen molar-refractivity contribution in [2.75, 3.05) is 24.6 Å². The average Bonchev–Trinajstić information content (AvgIpc) is 2.36. The van der Waals surface area contributed by atoms with Gasteiger partial charge in [-0.25, -0.2) is 9.78 Å². The standard InChI is InChI=1S/C13H17ClN2O4/c1-13(2)7-16(5-8(6-17)20-13)11-3-9(12(18)19)10(14)4-15-11/h3-4,8,17H,5-7H2,1-2H3,(H,18,19). The Labute approximate surface area is 121 Å². The van der Waals surface area contributed by atoms with E-state index in [-0.39, 0.29) is 23.3 Å². The number of hydrogen-bond donors (Lipinski definition) is 2. The zero-order valence-corrected chi connectivity index (χ0v) is 12.1. The monoisotopic (exact) mass is 300 g/mol. The molecule has 2 N–H and O–H groups in total. The molecule has 0 spiro atoms. The summed E-state index contributed by atoms with van der Waals surface area (Å²) in [4.78, 5) is 17.2. The normalized spacial score (nSPS) is 21.8.